The summed E-state index contributed by atoms with van der Waals surface area (Å²) in [6.07, 6.45) is 15.4. The molecular formula is C20H37O2Si. The molecule has 0 saturated heterocycles. The van der Waals surface area contributed by atoms with Gasteiger partial charge in [0.1, 0.15) is 0 Å². The predicted molar refractivity (Wildman–Crippen MR) is 97.5 cm³/mol. The van der Waals surface area contributed by atoms with E-state index in [1.807, 2.05) is 0 Å². The Hall–Kier alpha value is 0.137. The zero-order valence-corrected chi connectivity index (χ0v) is 16.4. The van der Waals surface area contributed by atoms with Crippen LogP contribution in [0.5, 0.6) is 0 Å². The van der Waals surface area contributed by atoms with E-state index in [1.54, 1.807) is 19.3 Å². The first kappa shape index (κ1) is 17.9. The maximum Gasteiger partial charge on any atom is 0.384 e. The average molecular weight is 338 g/mol. The second-order valence-electron chi connectivity index (χ2n) is 8.69. The monoisotopic (exact) mass is 337 g/mol. The Morgan fingerprint density at radius 2 is 1.30 bits per heavy atom. The van der Waals surface area contributed by atoms with Crippen molar-refractivity contribution in [3.63, 3.8) is 0 Å². The maximum atomic E-state index is 6.17. The second kappa shape index (κ2) is 8.49. The average Bonchev–Trinajstić information content (AvgIpc) is 2.51. The molecule has 3 heteroatoms. The summed E-state index contributed by atoms with van der Waals surface area (Å²) in [7, 11) is -1.03. The molecule has 0 amide bonds. The second-order valence-corrected chi connectivity index (χ2v) is 10.5. The largest absolute Gasteiger partial charge is 0.393 e. The third-order valence-corrected chi connectivity index (χ3v) is 8.26. The van der Waals surface area contributed by atoms with Gasteiger partial charge in [0.15, 0.2) is 0 Å². The minimum Gasteiger partial charge on any atom is -0.393 e. The molecule has 2 nitrogen and oxygen atoms in total. The molecule has 0 heterocycles. The van der Waals surface area contributed by atoms with Crippen LogP contribution in [0.4, 0.5) is 0 Å². The minimum absolute atomic E-state index is 0.687. The molecule has 4 bridgehead atoms. The standard InChI is InChI=1S/C20H37O2Si/c1-3-5-8-21-23(22-9-6-4-2)10-7-20-14-17-11-18(15-20)13-19(12-17)16-20/h17-19H,3-16H2,1-2H3. The van der Waals surface area contributed by atoms with E-state index in [1.165, 1.54) is 57.4 Å². The quantitative estimate of drug-likeness (QED) is 0.355. The molecule has 4 rings (SSSR count). The molecule has 0 N–H and O–H groups in total. The van der Waals surface area contributed by atoms with Crippen LogP contribution in [0.25, 0.3) is 0 Å². The highest BCUT2D eigenvalue weighted by Gasteiger charge is 2.50. The van der Waals surface area contributed by atoms with Gasteiger partial charge in [0.25, 0.3) is 0 Å². The van der Waals surface area contributed by atoms with Crippen LogP contribution in [-0.2, 0) is 8.85 Å². The Kier molecular flexibility index (Phi) is 6.62. The van der Waals surface area contributed by atoms with Gasteiger partial charge in [-0.3, -0.25) is 0 Å². The smallest absolute Gasteiger partial charge is 0.384 e. The zero-order valence-electron chi connectivity index (χ0n) is 15.4. The molecule has 4 aliphatic rings. The van der Waals surface area contributed by atoms with Crippen LogP contribution >= 0.6 is 0 Å². The highest BCUT2D eigenvalue weighted by atomic mass is 28.3. The van der Waals surface area contributed by atoms with E-state index in [0.29, 0.717) is 5.41 Å². The Bertz CT molecular complexity index is 312. The normalized spacial score (nSPS) is 35.3. The van der Waals surface area contributed by atoms with Crippen molar-refractivity contribution in [3.05, 3.63) is 0 Å². The van der Waals surface area contributed by atoms with Gasteiger partial charge in [-0.1, -0.05) is 26.7 Å². The van der Waals surface area contributed by atoms with E-state index >= 15 is 0 Å². The van der Waals surface area contributed by atoms with Gasteiger partial charge in [0.2, 0.25) is 0 Å². The molecule has 4 fully saturated rings. The lowest BCUT2D eigenvalue weighted by atomic mass is 9.49. The van der Waals surface area contributed by atoms with Crippen LogP contribution in [0.2, 0.25) is 6.04 Å². The Labute approximate surface area is 145 Å². The minimum atomic E-state index is -1.03. The molecule has 0 spiro atoms. The summed E-state index contributed by atoms with van der Waals surface area (Å²) < 4.78 is 12.3. The lowest BCUT2D eigenvalue weighted by molar-refractivity contribution is -0.0554. The van der Waals surface area contributed by atoms with E-state index in [2.05, 4.69) is 13.8 Å². The first-order chi connectivity index (χ1) is 11.2. The van der Waals surface area contributed by atoms with Gasteiger partial charge >= 0.3 is 9.28 Å². The summed E-state index contributed by atoms with van der Waals surface area (Å²) in [5.41, 5.74) is 0.687. The lowest BCUT2D eigenvalue weighted by Gasteiger charge is -2.57. The predicted octanol–water partition coefficient (Wildman–Crippen LogP) is 5.71. The van der Waals surface area contributed by atoms with E-state index in [9.17, 15) is 0 Å². The van der Waals surface area contributed by atoms with E-state index in [0.717, 1.165) is 31.0 Å². The molecule has 0 aromatic carbocycles. The van der Waals surface area contributed by atoms with Crippen LogP contribution in [0.1, 0.15) is 84.5 Å². The lowest BCUT2D eigenvalue weighted by Crippen LogP contribution is -2.46. The molecule has 133 valence electrons. The highest BCUT2D eigenvalue weighted by Crippen LogP contribution is 2.61. The summed E-state index contributed by atoms with van der Waals surface area (Å²) >= 11 is 0. The fourth-order valence-electron chi connectivity index (χ4n) is 5.81. The summed E-state index contributed by atoms with van der Waals surface area (Å²) in [5.74, 6) is 3.21. The topological polar surface area (TPSA) is 18.5 Å². The SMILES string of the molecule is CCCCO[Si](CCC12CC3CC(CC(C3)C1)C2)OCCCC. The van der Waals surface area contributed by atoms with E-state index in [4.69, 9.17) is 8.85 Å². The van der Waals surface area contributed by atoms with Crippen molar-refractivity contribution >= 4 is 9.28 Å². The molecule has 23 heavy (non-hydrogen) atoms. The molecular weight excluding hydrogens is 300 g/mol. The van der Waals surface area contributed by atoms with Crippen LogP contribution < -0.4 is 0 Å². The Morgan fingerprint density at radius 3 is 1.74 bits per heavy atom. The van der Waals surface area contributed by atoms with Gasteiger partial charge in [-0.05, 0) is 87.0 Å². The molecule has 0 aliphatic heterocycles. The van der Waals surface area contributed by atoms with Gasteiger partial charge in [0.05, 0.1) is 0 Å². The van der Waals surface area contributed by atoms with Crippen LogP contribution in [0.15, 0.2) is 0 Å². The third-order valence-electron chi connectivity index (χ3n) is 6.55. The van der Waals surface area contributed by atoms with Gasteiger partial charge in [-0.25, -0.2) is 0 Å². The van der Waals surface area contributed by atoms with Crippen molar-refractivity contribution in [2.75, 3.05) is 13.2 Å². The fraction of sp³-hybridized carbons (Fsp3) is 1.00. The molecule has 0 aromatic rings. The number of hydrogen-bond donors (Lipinski definition) is 0. The van der Waals surface area contributed by atoms with Crippen molar-refractivity contribution in [2.24, 2.45) is 23.2 Å². The molecule has 1 radical (unpaired) electrons. The Morgan fingerprint density at radius 1 is 0.826 bits per heavy atom. The number of unbranched alkanes of at least 4 members (excludes halogenated alkanes) is 2. The summed E-state index contributed by atoms with van der Waals surface area (Å²) in [5, 5.41) is 0. The molecule has 4 saturated carbocycles. The molecule has 0 unspecified atom stereocenters. The number of rotatable bonds is 11. The molecule has 0 aromatic heterocycles. The van der Waals surface area contributed by atoms with Gasteiger partial charge in [-0.15, -0.1) is 0 Å². The van der Waals surface area contributed by atoms with Gasteiger partial charge in [-0.2, -0.15) is 0 Å². The van der Waals surface area contributed by atoms with Crippen molar-refractivity contribution in [2.45, 2.75) is 90.5 Å². The third kappa shape index (κ3) is 4.82. The van der Waals surface area contributed by atoms with E-state index < -0.39 is 9.28 Å². The van der Waals surface area contributed by atoms with Crippen LogP contribution in [-0.4, -0.2) is 22.5 Å². The van der Waals surface area contributed by atoms with E-state index in [-0.39, 0.29) is 0 Å². The summed E-state index contributed by atoms with van der Waals surface area (Å²) in [6, 6.07) is 1.23. The zero-order chi connectivity index (χ0) is 16.1. The fourth-order valence-corrected chi connectivity index (χ4v) is 7.66. The Balaban J connectivity index is 1.48. The first-order valence-electron chi connectivity index (χ1n) is 10.3. The highest BCUT2D eigenvalue weighted by molar-refractivity contribution is 6.44. The summed E-state index contributed by atoms with van der Waals surface area (Å²) in [6.45, 7) is 6.31. The van der Waals surface area contributed by atoms with Gasteiger partial charge < -0.3 is 8.85 Å². The van der Waals surface area contributed by atoms with Crippen molar-refractivity contribution in [3.8, 4) is 0 Å². The molecule has 4 aliphatic carbocycles. The van der Waals surface area contributed by atoms with Gasteiger partial charge in [0, 0.05) is 13.2 Å². The molecule has 0 atom stereocenters. The summed E-state index contributed by atoms with van der Waals surface area (Å²) in [4.78, 5) is 0. The number of hydrogen-bond acceptors (Lipinski definition) is 2. The van der Waals surface area contributed by atoms with Crippen molar-refractivity contribution < 1.29 is 8.85 Å². The van der Waals surface area contributed by atoms with Crippen molar-refractivity contribution in [1.29, 1.82) is 0 Å². The van der Waals surface area contributed by atoms with Crippen molar-refractivity contribution in [1.82, 2.24) is 0 Å². The van der Waals surface area contributed by atoms with Crippen LogP contribution in [0, 0.1) is 23.2 Å². The van der Waals surface area contributed by atoms with Crippen LogP contribution in [0.3, 0.4) is 0 Å². The maximum absolute atomic E-state index is 6.17. The first-order valence-corrected chi connectivity index (χ1v) is 11.9.